The number of aromatic nitrogens is 3. The number of ether oxygens (including phenoxy) is 1. The van der Waals surface area contributed by atoms with Crippen molar-refractivity contribution in [1.82, 2.24) is 14.8 Å². The number of aromatic amines is 1. The largest absolute Gasteiger partial charge is 0.466 e. The van der Waals surface area contributed by atoms with Crippen molar-refractivity contribution in [2.45, 2.75) is 26.4 Å². The number of piperidine rings is 1. The lowest BCUT2D eigenvalue weighted by atomic mass is 9.99. The van der Waals surface area contributed by atoms with Crippen LogP contribution in [0, 0.1) is 10.7 Å². The summed E-state index contributed by atoms with van der Waals surface area (Å²) in [6.07, 6.45) is 1.94. The Hall–Kier alpha value is -1.51. The van der Waals surface area contributed by atoms with Crippen molar-refractivity contribution in [1.29, 1.82) is 0 Å². The lowest BCUT2D eigenvalue weighted by Gasteiger charge is -2.28. The Kier molecular flexibility index (Phi) is 5.24. The van der Waals surface area contributed by atoms with Crippen LogP contribution in [0.3, 0.4) is 0 Å². The second kappa shape index (κ2) is 7.37. The molecule has 6 nitrogen and oxygen atoms in total. The van der Waals surface area contributed by atoms with E-state index in [9.17, 15) is 4.79 Å². The van der Waals surface area contributed by atoms with Gasteiger partial charge in [0.05, 0.1) is 24.6 Å². The normalized spacial score (nSPS) is 21.3. The minimum Gasteiger partial charge on any atom is -0.466 e. The van der Waals surface area contributed by atoms with Crippen molar-refractivity contribution >= 4 is 29.5 Å². The number of nitrogens with one attached hydrogen (secondary N) is 2. The minimum absolute atomic E-state index is 0.00689. The lowest BCUT2D eigenvalue weighted by Crippen LogP contribution is -3.13. The smallest absolute Gasteiger partial charge is 0.314 e. The highest BCUT2D eigenvalue weighted by Crippen LogP contribution is 2.20. The van der Waals surface area contributed by atoms with E-state index < -0.39 is 0 Å². The molecule has 0 aliphatic carbocycles. The summed E-state index contributed by atoms with van der Waals surface area (Å²) in [7, 11) is 0. The molecule has 1 saturated heterocycles. The van der Waals surface area contributed by atoms with Gasteiger partial charge in [0.2, 0.25) is 4.77 Å². The van der Waals surface area contributed by atoms with E-state index in [1.165, 1.54) is 4.90 Å². The molecule has 0 aromatic carbocycles. The Morgan fingerprint density at radius 3 is 3.26 bits per heavy atom. The summed E-state index contributed by atoms with van der Waals surface area (Å²) < 4.78 is 7.61. The molecule has 0 saturated carbocycles. The SMILES string of the molecule is CCOC(=O)[C@H]1CCC[NH+](Cn2[nH]c(-c3cccs3)nc2=S)C1. The van der Waals surface area contributed by atoms with Gasteiger partial charge in [0.25, 0.3) is 0 Å². The van der Waals surface area contributed by atoms with E-state index in [4.69, 9.17) is 17.0 Å². The zero-order valence-corrected chi connectivity index (χ0v) is 14.7. The Labute approximate surface area is 144 Å². The van der Waals surface area contributed by atoms with E-state index in [-0.39, 0.29) is 11.9 Å². The number of hydrogen-bond donors (Lipinski definition) is 2. The quantitative estimate of drug-likeness (QED) is 0.631. The molecule has 3 rings (SSSR count). The molecular weight excluding hydrogens is 332 g/mol. The molecule has 0 amide bonds. The van der Waals surface area contributed by atoms with E-state index in [0.717, 1.165) is 36.6 Å². The van der Waals surface area contributed by atoms with Crippen LogP contribution < -0.4 is 4.90 Å². The Morgan fingerprint density at radius 1 is 1.65 bits per heavy atom. The third-order valence-corrected chi connectivity index (χ3v) is 5.24. The predicted molar refractivity (Wildman–Crippen MR) is 90.8 cm³/mol. The molecule has 2 aromatic heterocycles. The van der Waals surface area contributed by atoms with Gasteiger partial charge in [0.15, 0.2) is 12.5 Å². The van der Waals surface area contributed by atoms with Crippen LogP contribution in [0.4, 0.5) is 0 Å². The van der Waals surface area contributed by atoms with Gasteiger partial charge in [-0.3, -0.25) is 9.89 Å². The summed E-state index contributed by atoms with van der Waals surface area (Å²) in [6, 6.07) is 4.02. The van der Waals surface area contributed by atoms with Crippen LogP contribution in [0.5, 0.6) is 0 Å². The first kappa shape index (κ1) is 16.4. The number of H-pyrrole nitrogens is 1. The summed E-state index contributed by atoms with van der Waals surface area (Å²) >= 11 is 6.99. The van der Waals surface area contributed by atoms with Gasteiger partial charge in [-0.15, -0.1) is 11.3 Å². The molecule has 8 heteroatoms. The van der Waals surface area contributed by atoms with Crippen LogP contribution in [0.2, 0.25) is 0 Å². The van der Waals surface area contributed by atoms with E-state index in [2.05, 4.69) is 10.1 Å². The second-order valence-corrected chi connectivity index (χ2v) is 7.03. The predicted octanol–water partition coefficient (Wildman–Crippen LogP) is 1.48. The minimum atomic E-state index is -0.0721. The third-order valence-electron chi connectivity index (χ3n) is 4.05. The fourth-order valence-corrected chi connectivity index (χ4v) is 3.83. The monoisotopic (exact) mass is 353 g/mol. The molecule has 2 aromatic rings. The lowest BCUT2D eigenvalue weighted by molar-refractivity contribution is -0.930. The zero-order chi connectivity index (χ0) is 16.2. The summed E-state index contributed by atoms with van der Waals surface area (Å²) in [5, 5.41) is 5.29. The van der Waals surface area contributed by atoms with Crippen LogP contribution in [0.25, 0.3) is 10.7 Å². The maximum atomic E-state index is 11.9. The first-order chi connectivity index (χ1) is 11.2. The standard InChI is InChI=1S/C15H20N4O2S2/c1-2-21-14(20)11-5-3-7-18(9-11)10-19-15(22)16-13(17-19)12-6-4-8-23-12/h4,6,8,11H,2-3,5,7,9-10H2,1H3,(H,16,17,22)/p+1/t11-/m0/s1. The van der Waals surface area contributed by atoms with E-state index >= 15 is 0 Å². The van der Waals surface area contributed by atoms with Crippen LogP contribution in [-0.2, 0) is 16.2 Å². The van der Waals surface area contributed by atoms with Crippen molar-refractivity contribution in [3.63, 3.8) is 0 Å². The van der Waals surface area contributed by atoms with Gasteiger partial charge < -0.3 is 9.64 Å². The number of likely N-dealkylation sites (tertiary alicyclic amines) is 1. The number of quaternary nitrogens is 1. The molecule has 0 radical (unpaired) electrons. The fraction of sp³-hybridized carbons (Fsp3) is 0.533. The average molecular weight is 353 g/mol. The molecular formula is C15H21N4O2S2+. The molecule has 1 fully saturated rings. The van der Waals surface area contributed by atoms with Crippen molar-refractivity contribution in [2.75, 3.05) is 19.7 Å². The maximum Gasteiger partial charge on any atom is 0.314 e. The van der Waals surface area contributed by atoms with Gasteiger partial charge in [-0.05, 0) is 43.4 Å². The first-order valence-corrected chi connectivity index (χ1v) is 9.17. The number of esters is 1. The molecule has 1 unspecified atom stereocenters. The van der Waals surface area contributed by atoms with E-state index in [1.807, 2.05) is 29.1 Å². The number of rotatable bonds is 5. The topological polar surface area (TPSA) is 64.3 Å². The van der Waals surface area contributed by atoms with Crippen molar-refractivity contribution in [3.05, 3.63) is 22.3 Å². The maximum absolute atomic E-state index is 11.9. The summed E-state index contributed by atoms with van der Waals surface area (Å²) in [6.45, 7) is 4.81. The Bertz CT molecular complexity index is 707. The molecule has 0 bridgehead atoms. The van der Waals surface area contributed by atoms with Crippen LogP contribution in [0.1, 0.15) is 19.8 Å². The van der Waals surface area contributed by atoms with Gasteiger partial charge in [-0.25, -0.2) is 4.68 Å². The zero-order valence-electron chi connectivity index (χ0n) is 13.1. The van der Waals surface area contributed by atoms with Gasteiger partial charge in [-0.1, -0.05) is 6.07 Å². The van der Waals surface area contributed by atoms with Gasteiger partial charge >= 0.3 is 5.97 Å². The highest BCUT2D eigenvalue weighted by atomic mass is 32.1. The average Bonchev–Trinajstić information content (AvgIpc) is 3.18. The number of nitrogens with zero attached hydrogens (tertiary/aromatic N) is 2. The summed E-state index contributed by atoms with van der Waals surface area (Å²) in [5.41, 5.74) is 0. The molecule has 1 aliphatic rings. The first-order valence-electron chi connectivity index (χ1n) is 7.88. The van der Waals surface area contributed by atoms with Crippen molar-refractivity contribution in [2.24, 2.45) is 5.92 Å². The number of thiophene rings is 1. The Balaban J connectivity index is 1.67. The van der Waals surface area contributed by atoms with E-state index in [1.54, 1.807) is 11.3 Å². The highest BCUT2D eigenvalue weighted by Gasteiger charge is 2.30. The molecule has 2 N–H and O–H groups in total. The van der Waals surface area contributed by atoms with Gasteiger partial charge in [0, 0.05) is 0 Å². The van der Waals surface area contributed by atoms with Gasteiger partial charge in [0.1, 0.15) is 5.92 Å². The van der Waals surface area contributed by atoms with Crippen molar-refractivity contribution < 1.29 is 14.4 Å². The number of carbonyl (C=O) groups is 1. The van der Waals surface area contributed by atoms with Crippen molar-refractivity contribution in [3.8, 4) is 10.7 Å². The van der Waals surface area contributed by atoms with Crippen LogP contribution >= 0.6 is 23.6 Å². The van der Waals surface area contributed by atoms with Crippen LogP contribution in [-0.4, -0.2) is 40.4 Å². The third kappa shape index (κ3) is 3.88. The van der Waals surface area contributed by atoms with E-state index in [0.29, 0.717) is 18.0 Å². The van der Waals surface area contributed by atoms with Crippen LogP contribution in [0.15, 0.2) is 17.5 Å². The summed E-state index contributed by atoms with van der Waals surface area (Å²) in [4.78, 5) is 18.8. The molecule has 0 spiro atoms. The molecule has 3 heterocycles. The number of hydrogen-bond acceptors (Lipinski definition) is 5. The second-order valence-electron chi connectivity index (χ2n) is 5.71. The molecule has 124 valence electrons. The number of carbonyl (C=O) groups excluding carboxylic acids is 1. The summed E-state index contributed by atoms with van der Waals surface area (Å²) in [5.74, 6) is 0.730. The van der Waals surface area contributed by atoms with Gasteiger partial charge in [-0.2, -0.15) is 4.98 Å². The Morgan fingerprint density at radius 2 is 2.52 bits per heavy atom. The molecule has 1 aliphatic heterocycles. The molecule has 2 atom stereocenters. The fourth-order valence-electron chi connectivity index (χ4n) is 2.97. The molecule has 23 heavy (non-hydrogen) atoms. The highest BCUT2D eigenvalue weighted by molar-refractivity contribution is 7.71.